The lowest BCUT2D eigenvalue weighted by atomic mass is 10.0. The van der Waals surface area contributed by atoms with Gasteiger partial charge in [-0.05, 0) is 60.8 Å². The van der Waals surface area contributed by atoms with Crippen LogP contribution in [0.1, 0.15) is 36.0 Å². The van der Waals surface area contributed by atoms with Crippen molar-refractivity contribution in [2.75, 3.05) is 44.8 Å². The summed E-state index contributed by atoms with van der Waals surface area (Å²) in [4.78, 5) is 5.36. The molecule has 0 amide bonds. The van der Waals surface area contributed by atoms with Crippen molar-refractivity contribution in [1.29, 1.82) is 0 Å². The molecule has 2 saturated heterocycles. The van der Waals surface area contributed by atoms with Crippen LogP contribution in [0, 0.1) is 0 Å². The highest BCUT2D eigenvalue weighted by atomic mass is 32.2. The maximum Gasteiger partial charge on any atom is 0.123 e. The largest absolute Gasteiger partial charge is 0.496 e. The maximum absolute atomic E-state index is 5.69. The van der Waals surface area contributed by atoms with Crippen molar-refractivity contribution in [1.82, 2.24) is 9.80 Å². The van der Waals surface area contributed by atoms with Gasteiger partial charge in [0.2, 0.25) is 0 Å². The molecule has 0 radical (unpaired) electrons. The number of thioether (sulfide) groups is 1. The van der Waals surface area contributed by atoms with Gasteiger partial charge in [0, 0.05) is 44.3 Å². The fraction of sp³-hybridized carbons (Fsp3) is 0.700. The van der Waals surface area contributed by atoms with Crippen LogP contribution in [-0.4, -0.2) is 60.6 Å². The number of hydrogen-bond donors (Lipinski definition) is 0. The molecule has 3 nitrogen and oxygen atoms in total. The number of piperazine rings is 1. The zero-order chi connectivity index (χ0) is 16.4. The highest BCUT2D eigenvalue weighted by molar-refractivity contribution is 7.99. The summed E-state index contributed by atoms with van der Waals surface area (Å²) >= 11 is 2.13. The topological polar surface area (TPSA) is 15.7 Å². The molecule has 0 spiro atoms. The van der Waals surface area contributed by atoms with Crippen LogP contribution in [0.3, 0.4) is 0 Å². The number of rotatable bonds is 4. The number of methoxy groups -OCH3 is 1. The molecular formula is C20H30N2OS. The molecule has 0 unspecified atom stereocenters. The van der Waals surface area contributed by atoms with E-state index in [1.54, 1.807) is 5.56 Å². The summed E-state index contributed by atoms with van der Waals surface area (Å²) in [6, 6.07) is 5.57. The quantitative estimate of drug-likeness (QED) is 0.831. The molecule has 2 aliphatic heterocycles. The molecule has 1 aliphatic carbocycles. The Morgan fingerprint density at radius 2 is 1.75 bits per heavy atom. The maximum atomic E-state index is 5.69. The smallest absolute Gasteiger partial charge is 0.123 e. The second kappa shape index (κ2) is 7.67. The Hall–Kier alpha value is -0.710. The van der Waals surface area contributed by atoms with Gasteiger partial charge in [-0.25, -0.2) is 0 Å². The van der Waals surface area contributed by atoms with E-state index >= 15 is 0 Å². The minimum Gasteiger partial charge on any atom is -0.496 e. The molecule has 0 atom stereocenters. The predicted molar refractivity (Wildman–Crippen MR) is 102 cm³/mol. The first-order valence-electron chi connectivity index (χ1n) is 9.56. The van der Waals surface area contributed by atoms with Crippen molar-refractivity contribution in [3.63, 3.8) is 0 Å². The average Bonchev–Trinajstić information content (AvgIpc) is 3.09. The second-order valence-corrected chi connectivity index (χ2v) is 8.67. The molecule has 4 rings (SSSR count). The second-order valence-electron chi connectivity index (χ2n) is 7.44. The first kappa shape index (κ1) is 16.7. The Kier molecular flexibility index (Phi) is 5.35. The van der Waals surface area contributed by atoms with Gasteiger partial charge in [-0.1, -0.05) is 6.07 Å². The van der Waals surface area contributed by atoms with Crippen molar-refractivity contribution in [2.24, 2.45) is 0 Å². The van der Waals surface area contributed by atoms with E-state index in [1.807, 2.05) is 7.11 Å². The van der Waals surface area contributed by atoms with Gasteiger partial charge in [0.25, 0.3) is 0 Å². The standard InChI is InChI=1S/C20H30N2OS/c1-23-20-14-17-4-2-3-16(17)13-18(20)15-21-7-9-22(10-8-21)19-5-11-24-12-6-19/h13-14,19H,2-12,15H2,1H3. The van der Waals surface area contributed by atoms with Gasteiger partial charge in [-0.3, -0.25) is 9.80 Å². The van der Waals surface area contributed by atoms with Crippen molar-refractivity contribution < 1.29 is 4.74 Å². The average molecular weight is 347 g/mol. The minimum absolute atomic E-state index is 0.850. The van der Waals surface area contributed by atoms with Crippen molar-refractivity contribution >= 4 is 11.8 Å². The van der Waals surface area contributed by atoms with Gasteiger partial charge in [0.1, 0.15) is 5.75 Å². The summed E-state index contributed by atoms with van der Waals surface area (Å²) in [5, 5.41) is 0. The van der Waals surface area contributed by atoms with E-state index in [4.69, 9.17) is 4.74 Å². The zero-order valence-corrected chi connectivity index (χ0v) is 15.7. The van der Waals surface area contributed by atoms with Gasteiger partial charge in [0.05, 0.1) is 7.11 Å². The van der Waals surface area contributed by atoms with Crippen LogP contribution < -0.4 is 4.74 Å². The lowest BCUT2D eigenvalue weighted by molar-refractivity contribution is 0.0875. The first-order chi connectivity index (χ1) is 11.8. The Morgan fingerprint density at radius 3 is 2.46 bits per heavy atom. The van der Waals surface area contributed by atoms with E-state index in [9.17, 15) is 0 Å². The highest BCUT2D eigenvalue weighted by Gasteiger charge is 2.26. The third kappa shape index (κ3) is 3.61. The molecule has 2 fully saturated rings. The zero-order valence-electron chi connectivity index (χ0n) is 14.9. The number of nitrogens with zero attached hydrogens (tertiary/aromatic N) is 2. The Balaban J connectivity index is 1.37. The van der Waals surface area contributed by atoms with Gasteiger partial charge < -0.3 is 4.74 Å². The van der Waals surface area contributed by atoms with Gasteiger partial charge in [0.15, 0.2) is 0 Å². The fourth-order valence-electron chi connectivity index (χ4n) is 4.54. The number of hydrogen-bond acceptors (Lipinski definition) is 4. The summed E-state index contributed by atoms with van der Waals surface area (Å²) < 4.78 is 5.69. The Labute approximate surface area is 150 Å². The van der Waals surface area contributed by atoms with Gasteiger partial charge >= 0.3 is 0 Å². The third-order valence-electron chi connectivity index (χ3n) is 6.00. The summed E-state index contributed by atoms with van der Waals surface area (Å²) in [7, 11) is 1.82. The highest BCUT2D eigenvalue weighted by Crippen LogP contribution is 2.31. The molecular weight excluding hydrogens is 316 g/mol. The molecule has 4 heteroatoms. The molecule has 1 aromatic rings. The molecule has 1 aromatic carbocycles. The third-order valence-corrected chi connectivity index (χ3v) is 7.05. The molecule has 2 heterocycles. The van der Waals surface area contributed by atoms with Gasteiger partial charge in [-0.2, -0.15) is 11.8 Å². The normalized spacial score (nSPS) is 23.4. The Bertz CT molecular complexity index is 563. The fourth-order valence-corrected chi connectivity index (χ4v) is 5.63. The minimum atomic E-state index is 0.850. The van der Waals surface area contributed by atoms with E-state index < -0.39 is 0 Å². The number of ether oxygens (including phenoxy) is 1. The van der Waals surface area contributed by atoms with E-state index in [2.05, 4.69) is 33.7 Å². The van der Waals surface area contributed by atoms with Crippen LogP contribution in [0.5, 0.6) is 5.75 Å². The number of fused-ring (bicyclic) bond motifs is 1. The molecule has 0 N–H and O–H groups in total. The van der Waals surface area contributed by atoms with Crippen LogP contribution in [0.4, 0.5) is 0 Å². The molecule has 0 saturated carbocycles. The van der Waals surface area contributed by atoms with E-state index in [0.29, 0.717) is 0 Å². The summed E-state index contributed by atoms with van der Waals surface area (Å²) in [6.07, 6.45) is 6.57. The summed E-state index contributed by atoms with van der Waals surface area (Å²) in [6.45, 7) is 5.92. The van der Waals surface area contributed by atoms with Crippen molar-refractivity contribution in [2.45, 2.75) is 44.7 Å². The number of aryl methyl sites for hydroxylation is 2. The molecule has 0 bridgehead atoms. The van der Waals surface area contributed by atoms with Crippen molar-refractivity contribution in [3.05, 3.63) is 28.8 Å². The Morgan fingerprint density at radius 1 is 1.04 bits per heavy atom. The van der Waals surface area contributed by atoms with Crippen LogP contribution in [0.2, 0.25) is 0 Å². The summed E-state index contributed by atoms with van der Waals surface area (Å²) in [5.74, 6) is 3.82. The van der Waals surface area contributed by atoms with Gasteiger partial charge in [-0.15, -0.1) is 0 Å². The van der Waals surface area contributed by atoms with Crippen LogP contribution in [0.15, 0.2) is 12.1 Å². The molecule has 0 aromatic heterocycles. The predicted octanol–water partition coefficient (Wildman–Crippen LogP) is 3.20. The lowest BCUT2D eigenvalue weighted by Gasteiger charge is -2.40. The van der Waals surface area contributed by atoms with E-state index in [0.717, 1.165) is 18.3 Å². The monoisotopic (exact) mass is 346 g/mol. The lowest BCUT2D eigenvalue weighted by Crippen LogP contribution is -2.50. The number of benzene rings is 1. The first-order valence-corrected chi connectivity index (χ1v) is 10.7. The van der Waals surface area contributed by atoms with Crippen molar-refractivity contribution in [3.8, 4) is 5.75 Å². The van der Waals surface area contributed by atoms with Crippen LogP contribution in [0.25, 0.3) is 0 Å². The SMILES string of the molecule is COc1cc2c(cc1CN1CCN(C3CCSCC3)CC1)CCC2. The molecule has 24 heavy (non-hydrogen) atoms. The molecule has 132 valence electrons. The van der Waals surface area contributed by atoms with E-state index in [1.165, 1.54) is 80.9 Å². The van der Waals surface area contributed by atoms with Crippen LogP contribution in [-0.2, 0) is 19.4 Å². The van der Waals surface area contributed by atoms with Crippen LogP contribution >= 0.6 is 11.8 Å². The van der Waals surface area contributed by atoms with E-state index in [-0.39, 0.29) is 0 Å². The summed E-state index contributed by atoms with van der Waals surface area (Å²) in [5.41, 5.74) is 4.46. The molecule has 3 aliphatic rings.